The fourth-order valence-electron chi connectivity index (χ4n) is 0.204. The fraction of sp³-hybridized carbons (Fsp3) is 1.00. The first-order valence-corrected chi connectivity index (χ1v) is 2.57. The van der Waals surface area contributed by atoms with Crippen molar-refractivity contribution in [2.24, 2.45) is 0 Å². The molecule has 1 fully saturated rings. The summed E-state index contributed by atoms with van der Waals surface area (Å²) < 4.78 is 4.84. The summed E-state index contributed by atoms with van der Waals surface area (Å²) in [5.41, 5.74) is 0. The molecule has 1 aliphatic heterocycles. The molecule has 2 heteroatoms. The molecule has 0 bridgehead atoms. The topological polar surface area (TPSA) is 12.5 Å². The van der Waals surface area contributed by atoms with Crippen molar-refractivity contribution in [3.63, 3.8) is 0 Å². The molecule has 1 saturated heterocycles. The van der Waals surface area contributed by atoms with E-state index < -0.39 is 0 Å². The van der Waals surface area contributed by atoms with E-state index in [1.165, 1.54) is 0 Å². The molecule has 0 aromatic carbocycles. The summed E-state index contributed by atoms with van der Waals surface area (Å²) in [6, 6.07) is 0. The van der Waals surface area contributed by atoms with Crippen molar-refractivity contribution in [3.05, 3.63) is 0 Å². The Labute approximate surface area is 33.9 Å². The first-order chi connectivity index (χ1) is 2.43. The molecule has 0 spiro atoms. The maximum Gasteiger partial charge on any atom is 0.0844 e. The van der Waals surface area contributed by atoms with Gasteiger partial charge in [0.25, 0.3) is 0 Å². The maximum absolute atomic E-state index is 4.84. The summed E-state index contributed by atoms with van der Waals surface area (Å²) in [6.07, 6.45) is 1.71. The number of epoxide rings is 1. The molecule has 0 saturated carbocycles. The van der Waals surface area contributed by atoms with Gasteiger partial charge in [0, 0.05) is 0 Å². The van der Waals surface area contributed by atoms with Crippen molar-refractivity contribution < 1.29 is 4.74 Å². The molecule has 1 aliphatic rings. The second-order valence-corrected chi connectivity index (χ2v) is 1.66. The van der Waals surface area contributed by atoms with E-state index >= 15 is 0 Å². The lowest BCUT2D eigenvalue weighted by Gasteiger charge is -1.69. The first kappa shape index (κ1) is 3.58. The predicted octanol–water partition coefficient (Wildman–Crippen LogP) is 0.260. The lowest BCUT2D eigenvalue weighted by atomic mass is 10.6. The smallest absolute Gasteiger partial charge is 0.0844 e. The lowest BCUT2D eigenvalue weighted by molar-refractivity contribution is 0.426. The van der Waals surface area contributed by atoms with Gasteiger partial charge in [-0.05, 0) is 6.16 Å². The van der Waals surface area contributed by atoms with E-state index in [0.717, 1.165) is 12.8 Å². The third-order valence-electron chi connectivity index (χ3n) is 0.665. The molecule has 1 rings (SSSR count). The minimum absolute atomic E-state index is 0.597. The van der Waals surface area contributed by atoms with Gasteiger partial charge in [-0.2, -0.15) is 0 Å². The molecular weight excluding hydrogens is 83.0 g/mol. The number of ether oxygens (including phenoxy) is 1. The van der Waals surface area contributed by atoms with Gasteiger partial charge in [0.2, 0.25) is 0 Å². The molecule has 0 radical (unpaired) electrons. The molecule has 0 aliphatic carbocycles. The normalized spacial score (nSPS) is 34.2. The highest BCUT2D eigenvalue weighted by Gasteiger charge is 2.18. The molecule has 30 valence electrons. The minimum Gasteiger partial charge on any atom is -0.373 e. The highest BCUT2D eigenvalue weighted by Crippen LogP contribution is 2.10. The van der Waals surface area contributed by atoms with E-state index in [-0.39, 0.29) is 0 Å². The SMILES string of the molecule is PCC1CO1. The first-order valence-electron chi connectivity index (χ1n) is 1.75. The van der Waals surface area contributed by atoms with Crippen LogP contribution in [0.15, 0.2) is 0 Å². The van der Waals surface area contributed by atoms with Crippen LogP contribution in [0.1, 0.15) is 0 Å². The highest BCUT2D eigenvalue weighted by atomic mass is 31.0. The molecule has 2 atom stereocenters. The molecule has 0 aromatic rings. The zero-order valence-electron chi connectivity index (χ0n) is 2.98. The zero-order valence-corrected chi connectivity index (χ0v) is 4.13. The van der Waals surface area contributed by atoms with Crippen LogP contribution in [0.4, 0.5) is 0 Å². The van der Waals surface area contributed by atoms with Gasteiger partial charge in [-0.15, -0.1) is 9.24 Å². The number of hydrogen-bond acceptors (Lipinski definition) is 1. The summed E-state index contributed by atoms with van der Waals surface area (Å²) in [6.45, 7) is 0.990. The molecule has 0 N–H and O–H groups in total. The Morgan fingerprint density at radius 1 is 2.00 bits per heavy atom. The third-order valence-corrected chi connectivity index (χ3v) is 1.19. The monoisotopic (exact) mass is 90.0 g/mol. The van der Waals surface area contributed by atoms with Crippen LogP contribution in [-0.2, 0) is 4.74 Å². The Morgan fingerprint density at radius 3 is 2.60 bits per heavy atom. The van der Waals surface area contributed by atoms with Crippen molar-refractivity contribution >= 4 is 9.24 Å². The maximum atomic E-state index is 4.84. The highest BCUT2D eigenvalue weighted by molar-refractivity contribution is 7.16. The summed E-state index contributed by atoms with van der Waals surface area (Å²) in [4.78, 5) is 0. The fourth-order valence-corrected chi connectivity index (χ4v) is 0.476. The van der Waals surface area contributed by atoms with Crippen LogP contribution in [0.5, 0.6) is 0 Å². The van der Waals surface area contributed by atoms with Crippen LogP contribution < -0.4 is 0 Å². The predicted molar refractivity (Wildman–Crippen MR) is 24.3 cm³/mol. The van der Waals surface area contributed by atoms with Gasteiger partial charge in [0.1, 0.15) is 0 Å². The Kier molecular flexibility index (Phi) is 0.884. The van der Waals surface area contributed by atoms with Gasteiger partial charge < -0.3 is 4.74 Å². The second kappa shape index (κ2) is 1.24. The van der Waals surface area contributed by atoms with Crippen LogP contribution in [0.25, 0.3) is 0 Å². The zero-order chi connectivity index (χ0) is 3.70. The molecule has 1 nitrogen and oxygen atoms in total. The standard InChI is InChI=1S/C3H7OP/c5-2-3-1-4-3/h3H,1-2,5H2. The molecule has 2 unspecified atom stereocenters. The van der Waals surface area contributed by atoms with Crippen molar-refractivity contribution in [2.75, 3.05) is 12.8 Å². The third kappa shape index (κ3) is 0.863. The van der Waals surface area contributed by atoms with Crippen molar-refractivity contribution in [3.8, 4) is 0 Å². The average molecular weight is 90.1 g/mol. The van der Waals surface area contributed by atoms with Crippen LogP contribution in [-0.4, -0.2) is 18.9 Å². The van der Waals surface area contributed by atoms with Gasteiger partial charge >= 0.3 is 0 Å². The Hall–Kier alpha value is 0.390. The number of hydrogen-bond donors (Lipinski definition) is 0. The quantitative estimate of drug-likeness (QED) is 0.332. The number of rotatable bonds is 1. The van der Waals surface area contributed by atoms with Gasteiger partial charge in [-0.3, -0.25) is 0 Å². The Balaban J connectivity index is 2.00. The summed E-state index contributed by atoms with van der Waals surface area (Å²) in [7, 11) is 2.63. The Morgan fingerprint density at radius 2 is 2.60 bits per heavy atom. The van der Waals surface area contributed by atoms with Crippen molar-refractivity contribution in [1.82, 2.24) is 0 Å². The van der Waals surface area contributed by atoms with Gasteiger partial charge in [0.05, 0.1) is 12.7 Å². The van der Waals surface area contributed by atoms with Crippen LogP contribution in [0.3, 0.4) is 0 Å². The molecule has 0 amide bonds. The molecular formula is C3H7OP. The largest absolute Gasteiger partial charge is 0.373 e. The summed E-state index contributed by atoms with van der Waals surface area (Å²) in [5.74, 6) is 0. The minimum atomic E-state index is 0.597. The van der Waals surface area contributed by atoms with Crippen LogP contribution in [0.2, 0.25) is 0 Å². The molecule has 5 heavy (non-hydrogen) atoms. The average Bonchev–Trinajstić information content (AvgIpc) is 2.12. The van der Waals surface area contributed by atoms with Gasteiger partial charge in [0.15, 0.2) is 0 Å². The summed E-state index contributed by atoms with van der Waals surface area (Å²) in [5, 5.41) is 0. The van der Waals surface area contributed by atoms with E-state index in [4.69, 9.17) is 4.74 Å². The second-order valence-electron chi connectivity index (χ2n) is 1.19. The summed E-state index contributed by atoms with van der Waals surface area (Å²) >= 11 is 0. The van der Waals surface area contributed by atoms with Gasteiger partial charge in [-0.1, -0.05) is 0 Å². The van der Waals surface area contributed by atoms with E-state index in [0.29, 0.717) is 6.10 Å². The van der Waals surface area contributed by atoms with E-state index in [1.54, 1.807) is 0 Å². The van der Waals surface area contributed by atoms with Crippen molar-refractivity contribution in [1.29, 1.82) is 0 Å². The van der Waals surface area contributed by atoms with E-state index in [9.17, 15) is 0 Å². The van der Waals surface area contributed by atoms with E-state index in [2.05, 4.69) is 9.24 Å². The van der Waals surface area contributed by atoms with Crippen molar-refractivity contribution in [2.45, 2.75) is 6.10 Å². The Bertz CT molecular complexity index is 33.9. The van der Waals surface area contributed by atoms with Crippen LogP contribution in [0, 0.1) is 0 Å². The van der Waals surface area contributed by atoms with Crippen LogP contribution >= 0.6 is 9.24 Å². The molecule has 1 heterocycles. The molecule has 0 aromatic heterocycles. The van der Waals surface area contributed by atoms with E-state index in [1.807, 2.05) is 0 Å². The lowest BCUT2D eigenvalue weighted by Crippen LogP contribution is -1.79. The van der Waals surface area contributed by atoms with Gasteiger partial charge in [-0.25, -0.2) is 0 Å².